The van der Waals surface area contributed by atoms with Gasteiger partial charge in [0.25, 0.3) is 0 Å². The molecule has 0 aromatic heterocycles. The maximum atomic E-state index is 2.35. The van der Waals surface area contributed by atoms with E-state index in [0.29, 0.717) is 0 Å². The van der Waals surface area contributed by atoms with Crippen LogP contribution in [0.15, 0.2) is 0 Å². The van der Waals surface area contributed by atoms with Gasteiger partial charge in [0.1, 0.15) is 0 Å². The van der Waals surface area contributed by atoms with Crippen LogP contribution in [0.1, 0.15) is 96.4 Å². The van der Waals surface area contributed by atoms with Crippen LogP contribution >= 0.6 is 0 Å². The van der Waals surface area contributed by atoms with Gasteiger partial charge in [-0.05, 0) is 17.8 Å². The van der Waals surface area contributed by atoms with Gasteiger partial charge < -0.3 is 0 Å². The Bertz CT molecular complexity index is 64.4. The maximum Gasteiger partial charge on any atom is -0.0394 e. The summed E-state index contributed by atoms with van der Waals surface area (Å²) in [6.07, 6.45) is 1.32. The van der Waals surface area contributed by atoms with Crippen molar-refractivity contribution in [3.8, 4) is 0 Å². The second-order valence-electron chi connectivity index (χ2n) is 3.49. The largest absolute Gasteiger partial charge is 0.0683 e. The van der Waals surface area contributed by atoms with Gasteiger partial charge in [0.2, 0.25) is 0 Å². The fourth-order valence-corrected chi connectivity index (χ4v) is 1.03. The molecular weight excluding hydrogens is 204 g/mol. The Morgan fingerprint density at radius 1 is 0.588 bits per heavy atom. The van der Waals surface area contributed by atoms with Crippen molar-refractivity contribution in [3.05, 3.63) is 0 Å². The van der Waals surface area contributed by atoms with E-state index in [1.807, 2.05) is 55.4 Å². The Morgan fingerprint density at radius 2 is 0.824 bits per heavy atom. The first-order valence-corrected chi connectivity index (χ1v) is 8.09. The molecule has 0 fully saturated rings. The van der Waals surface area contributed by atoms with Crippen LogP contribution in [0.3, 0.4) is 0 Å². The lowest BCUT2D eigenvalue weighted by Gasteiger charge is -2.21. The van der Waals surface area contributed by atoms with Crippen molar-refractivity contribution in [2.45, 2.75) is 96.4 Å². The number of hydrogen-bond donors (Lipinski definition) is 0. The number of rotatable bonds is 3. The van der Waals surface area contributed by atoms with Crippen LogP contribution < -0.4 is 0 Å². The van der Waals surface area contributed by atoms with Crippen molar-refractivity contribution in [2.24, 2.45) is 17.8 Å². The molecule has 2 unspecified atom stereocenters. The quantitative estimate of drug-likeness (QED) is 0.487. The van der Waals surface area contributed by atoms with Crippen LogP contribution in [0.2, 0.25) is 0 Å². The van der Waals surface area contributed by atoms with Gasteiger partial charge in [0, 0.05) is 0 Å². The van der Waals surface area contributed by atoms with Gasteiger partial charge in [-0.2, -0.15) is 0 Å². The van der Waals surface area contributed by atoms with Crippen molar-refractivity contribution in [2.75, 3.05) is 0 Å². The molecule has 0 amide bonds. The molecule has 0 aliphatic carbocycles. The first-order valence-electron chi connectivity index (χ1n) is 8.09. The average Bonchev–Trinajstić information content (AvgIpc) is 2.45. The van der Waals surface area contributed by atoms with Gasteiger partial charge in [-0.1, -0.05) is 96.4 Å². The summed E-state index contributed by atoms with van der Waals surface area (Å²) in [6, 6.07) is 0. The van der Waals surface area contributed by atoms with E-state index in [1.165, 1.54) is 6.42 Å². The molecule has 0 N–H and O–H groups in total. The third kappa shape index (κ3) is 31.4. The van der Waals surface area contributed by atoms with Crippen molar-refractivity contribution >= 4 is 0 Å². The van der Waals surface area contributed by atoms with Crippen LogP contribution in [0.4, 0.5) is 0 Å². The van der Waals surface area contributed by atoms with Gasteiger partial charge in [0.15, 0.2) is 0 Å². The molecule has 0 aromatic carbocycles. The minimum Gasteiger partial charge on any atom is -0.0683 e. The zero-order valence-electron chi connectivity index (χ0n) is 15.4. The molecule has 0 heterocycles. The predicted molar refractivity (Wildman–Crippen MR) is 88.8 cm³/mol. The van der Waals surface area contributed by atoms with Gasteiger partial charge in [-0.25, -0.2) is 0 Å². The monoisotopic (exact) mass is 248 g/mol. The van der Waals surface area contributed by atoms with Crippen molar-refractivity contribution in [1.82, 2.24) is 0 Å². The molecule has 0 aliphatic rings. The van der Waals surface area contributed by atoms with Crippen molar-refractivity contribution < 1.29 is 0 Å². The molecule has 0 saturated heterocycles. The summed E-state index contributed by atoms with van der Waals surface area (Å²) in [5, 5.41) is 0. The van der Waals surface area contributed by atoms with Crippen molar-refractivity contribution in [1.29, 1.82) is 0 Å². The van der Waals surface area contributed by atoms with E-state index < -0.39 is 0 Å². The van der Waals surface area contributed by atoms with Crippen LogP contribution in [-0.2, 0) is 0 Å². The SMILES string of the molecule is CC.CC.CC.CC.CCC(C)C(C)C(C)C. The Hall–Kier alpha value is 0. The van der Waals surface area contributed by atoms with E-state index in [-0.39, 0.29) is 0 Å². The fourth-order valence-electron chi connectivity index (χ4n) is 1.03. The summed E-state index contributed by atoms with van der Waals surface area (Å²) in [4.78, 5) is 0. The van der Waals surface area contributed by atoms with E-state index in [4.69, 9.17) is 0 Å². The molecule has 0 radical (unpaired) electrons. The predicted octanol–water partition coefficient (Wildman–Crippen LogP) is 7.43. The van der Waals surface area contributed by atoms with Crippen molar-refractivity contribution in [3.63, 3.8) is 0 Å². The summed E-state index contributed by atoms with van der Waals surface area (Å²) >= 11 is 0. The molecule has 0 heteroatoms. The van der Waals surface area contributed by atoms with Gasteiger partial charge in [-0.3, -0.25) is 0 Å². The number of hydrogen-bond acceptors (Lipinski definition) is 0. The van der Waals surface area contributed by atoms with Crippen LogP contribution in [0.25, 0.3) is 0 Å². The Kier molecular flexibility index (Phi) is 64.0. The summed E-state index contributed by atoms with van der Waals surface area (Å²) < 4.78 is 0. The van der Waals surface area contributed by atoms with E-state index in [0.717, 1.165) is 17.8 Å². The Labute approximate surface area is 115 Å². The molecule has 17 heavy (non-hydrogen) atoms. The van der Waals surface area contributed by atoms with Crippen LogP contribution in [0, 0.1) is 17.8 Å². The highest BCUT2D eigenvalue weighted by atomic mass is 14.2. The van der Waals surface area contributed by atoms with Gasteiger partial charge in [-0.15, -0.1) is 0 Å². The normalized spacial score (nSPS) is 10.9. The summed E-state index contributed by atoms with van der Waals surface area (Å²) in [6.45, 7) is 27.6. The first-order chi connectivity index (χ1) is 8.09. The summed E-state index contributed by atoms with van der Waals surface area (Å²) in [7, 11) is 0. The third-order valence-corrected chi connectivity index (χ3v) is 2.59. The Morgan fingerprint density at radius 3 is 0.882 bits per heavy atom. The average molecular weight is 249 g/mol. The second kappa shape index (κ2) is 36.0. The molecule has 0 saturated carbocycles. The molecule has 0 aromatic rings. The highest BCUT2D eigenvalue weighted by molar-refractivity contribution is 4.62. The van der Waals surface area contributed by atoms with Crippen LogP contribution in [0.5, 0.6) is 0 Å². The molecule has 2 atom stereocenters. The topological polar surface area (TPSA) is 0 Å². The molecule has 0 rings (SSSR count). The molecule has 0 nitrogen and oxygen atoms in total. The molecule has 0 aliphatic heterocycles. The molecule has 112 valence electrons. The maximum absolute atomic E-state index is 2.35. The second-order valence-corrected chi connectivity index (χ2v) is 3.49. The lowest BCUT2D eigenvalue weighted by molar-refractivity contribution is 0.289. The molecule has 0 spiro atoms. The zero-order valence-corrected chi connectivity index (χ0v) is 15.4. The highest BCUT2D eigenvalue weighted by Gasteiger charge is 2.12. The Balaban J connectivity index is -0.0000000507. The third-order valence-electron chi connectivity index (χ3n) is 2.59. The highest BCUT2D eigenvalue weighted by Crippen LogP contribution is 2.21. The lowest BCUT2D eigenvalue weighted by atomic mass is 9.85. The minimum atomic E-state index is 0.847. The fraction of sp³-hybridized carbons (Fsp3) is 1.00. The molecule has 0 bridgehead atoms. The molecular formula is C17H44. The minimum absolute atomic E-state index is 0.847. The van der Waals surface area contributed by atoms with Gasteiger partial charge >= 0.3 is 0 Å². The van der Waals surface area contributed by atoms with E-state index in [2.05, 4.69) is 34.6 Å². The van der Waals surface area contributed by atoms with Crippen LogP contribution in [-0.4, -0.2) is 0 Å². The van der Waals surface area contributed by atoms with E-state index in [1.54, 1.807) is 0 Å². The standard InChI is InChI=1S/C9H20.4C2H6/c1-6-8(4)9(5)7(2)3;4*1-2/h7-9H,6H2,1-5H3;4*1-2H3. The van der Waals surface area contributed by atoms with E-state index >= 15 is 0 Å². The van der Waals surface area contributed by atoms with Gasteiger partial charge in [0.05, 0.1) is 0 Å². The summed E-state index contributed by atoms with van der Waals surface area (Å²) in [5.74, 6) is 2.62. The smallest absolute Gasteiger partial charge is 0.0394 e. The van der Waals surface area contributed by atoms with E-state index in [9.17, 15) is 0 Å². The zero-order chi connectivity index (χ0) is 15.4. The first kappa shape index (κ1) is 30.2. The summed E-state index contributed by atoms with van der Waals surface area (Å²) in [5.41, 5.74) is 0. The lowest BCUT2D eigenvalue weighted by Crippen LogP contribution is -2.12.